The van der Waals surface area contributed by atoms with Gasteiger partial charge in [-0.2, -0.15) is 0 Å². The second-order valence-corrected chi connectivity index (χ2v) is 4.07. The minimum atomic E-state index is 0.519. The van der Waals surface area contributed by atoms with Crippen LogP contribution in [0, 0.1) is 0 Å². The number of ether oxygens (including phenoxy) is 1. The summed E-state index contributed by atoms with van der Waals surface area (Å²) < 4.78 is 6.43. The molecule has 0 bridgehead atoms. The molecule has 0 aliphatic carbocycles. The molecular weight excluding hydrogens is 256 g/mol. The summed E-state index contributed by atoms with van der Waals surface area (Å²) in [5.41, 5.74) is 1.02. The molecule has 0 saturated heterocycles. The van der Waals surface area contributed by atoms with Crippen LogP contribution in [0.2, 0.25) is 0 Å². The van der Waals surface area contributed by atoms with E-state index in [1.807, 2.05) is 6.07 Å². The van der Waals surface area contributed by atoms with Gasteiger partial charge in [-0.05, 0) is 34.1 Å². The number of likely N-dealkylation sites (N-methyl/N-ethyl adjacent to an activating group) is 1. The topological polar surface area (TPSA) is 34.1 Å². The molecule has 0 spiro atoms. The van der Waals surface area contributed by atoms with E-state index in [-0.39, 0.29) is 0 Å². The Hall–Kier alpha value is -0.870. The molecule has 0 saturated carbocycles. The van der Waals surface area contributed by atoms with Crippen LogP contribution in [0.4, 0.5) is 0 Å². The molecule has 0 aliphatic rings. The Morgan fingerprint density at radius 1 is 1.60 bits per heavy atom. The lowest BCUT2D eigenvalue weighted by Crippen LogP contribution is -2.18. The number of pyridine rings is 1. The highest BCUT2D eigenvalue weighted by atomic mass is 79.9. The Labute approximate surface area is 98.7 Å². The predicted molar refractivity (Wildman–Crippen MR) is 65.1 cm³/mol. The van der Waals surface area contributed by atoms with Crippen molar-refractivity contribution in [3.8, 4) is 5.75 Å². The second kappa shape index (κ2) is 6.58. The minimum absolute atomic E-state index is 0.519. The molecule has 15 heavy (non-hydrogen) atoms. The Morgan fingerprint density at radius 2 is 2.40 bits per heavy atom. The molecule has 1 aromatic rings. The van der Waals surface area contributed by atoms with Gasteiger partial charge in [-0.1, -0.05) is 13.5 Å². The normalized spacial score (nSPS) is 10.0. The summed E-state index contributed by atoms with van der Waals surface area (Å²) in [6.45, 7) is 8.22. The smallest absolute Gasteiger partial charge is 0.139 e. The van der Waals surface area contributed by atoms with Gasteiger partial charge in [-0.3, -0.25) is 4.98 Å². The molecule has 1 aromatic heterocycles. The molecule has 0 aromatic carbocycles. The highest BCUT2D eigenvalue weighted by Gasteiger charge is 1.97. The van der Waals surface area contributed by atoms with E-state index >= 15 is 0 Å². The highest BCUT2D eigenvalue weighted by Crippen LogP contribution is 2.15. The lowest BCUT2D eigenvalue weighted by molar-refractivity contribution is 0.347. The zero-order valence-electron chi connectivity index (χ0n) is 8.79. The monoisotopic (exact) mass is 270 g/mol. The van der Waals surface area contributed by atoms with Gasteiger partial charge in [-0.25, -0.2) is 0 Å². The Balaban J connectivity index is 2.33. The van der Waals surface area contributed by atoms with E-state index in [0.29, 0.717) is 6.61 Å². The molecule has 0 fully saturated rings. The van der Waals surface area contributed by atoms with Gasteiger partial charge >= 0.3 is 0 Å². The molecule has 82 valence electrons. The second-order valence-electron chi connectivity index (χ2n) is 3.16. The zero-order chi connectivity index (χ0) is 11.1. The average molecular weight is 271 g/mol. The molecule has 0 unspecified atom stereocenters. The molecule has 3 nitrogen and oxygen atoms in total. The van der Waals surface area contributed by atoms with Crippen molar-refractivity contribution in [1.29, 1.82) is 0 Å². The summed E-state index contributed by atoms with van der Waals surface area (Å²) in [6, 6.07) is 1.88. The minimum Gasteiger partial charge on any atom is -0.488 e. The van der Waals surface area contributed by atoms with E-state index in [9.17, 15) is 0 Å². The first-order valence-corrected chi connectivity index (χ1v) is 5.62. The van der Waals surface area contributed by atoms with Crippen molar-refractivity contribution < 1.29 is 4.74 Å². The summed E-state index contributed by atoms with van der Waals surface area (Å²) in [5, 5.41) is 3.19. The number of halogens is 1. The molecule has 1 heterocycles. The molecule has 0 aliphatic heterocycles. The van der Waals surface area contributed by atoms with Crippen LogP contribution in [0.1, 0.15) is 6.92 Å². The predicted octanol–water partition coefficient (Wildman–Crippen LogP) is 2.39. The molecule has 1 rings (SSSR count). The van der Waals surface area contributed by atoms with Crippen molar-refractivity contribution in [2.24, 2.45) is 0 Å². The zero-order valence-corrected chi connectivity index (χ0v) is 10.4. The van der Waals surface area contributed by atoms with Crippen LogP contribution >= 0.6 is 15.9 Å². The fraction of sp³-hybridized carbons (Fsp3) is 0.364. The highest BCUT2D eigenvalue weighted by molar-refractivity contribution is 9.10. The average Bonchev–Trinajstić information content (AvgIpc) is 2.23. The standard InChI is InChI=1S/C11H15BrN2O/c1-3-13-5-9(2)8-15-11-4-10(12)6-14-7-11/h4,6-7,13H,2-3,5,8H2,1H3. The van der Waals surface area contributed by atoms with E-state index in [2.05, 4.69) is 39.7 Å². The Kier molecular flexibility index (Phi) is 5.36. The maximum atomic E-state index is 5.51. The molecule has 4 heteroatoms. The number of hydrogen-bond donors (Lipinski definition) is 1. The van der Waals surface area contributed by atoms with Crippen molar-refractivity contribution in [1.82, 2.24) is 10.3 Å². The Bertz CT molecular complexity index is 328. The van der Waals surface area contributed by atoms with Crippen molar-refractivity contribution in [2.75, 3.05) is 19.7 Å². The number of aromatic nitrogens is 1. The SMILES string of the molecule is C=C(CNCC)COc1cncc(Br)c1. The summed E-state index contributed by atoms with van der Waals surface area (Å²) in [4.78, 5) is 4.01. The quantitative estimate of drug-likeness (QED) is 0.807. The van der Waals surface area contributed by atoms with E-state index in [1.165, 1.54) is 0 Å². The third-order valence-corrected chi connectivity index (χ3v) is 2.18. The van der Waals surface area contributed by atoms with Gasteiger partial charge in [0.15, 0.2) is 0 Å². The van der Waals surface area contributed by atoms with Gasteiger partial charge in [0, 0.05) is 17.2 Å². The van der Waals surface area contributed by atoms with Crippen LogP contribution in [0.25, 0.3) is 0 Å². The van der Waals surface area contributed by atoms with Crippen molar-refractivity contribution in [3.05, 3.63) is 35.1 Å². The molecule has 0 atom stereocenters. The number of nitrogens with one attached hydrogen (secondary N) is 1. The van der Waals surface area contributed by atoms with Crippen LogP contribution in [0.15, 0.2) is 35.1 Å². The van der Waals surface area contributed by atoms with E-state index < -0.39 is 0 Å². The van der Waals surface area contributed by atoms with E-state index in [1.54, 1.807) is 12.4 Å². The Morgan fingerprint density at radius 3 is 3.07 bits per heavy atom. The van der Waals surface area contributed by atoms with Crippen LogP contribution in [-0.4, -0.2) is 24.7 Å². The summed E-state index contributed by atoms with van der Waals surface area (Å²) in [6.07, 6.45) is 3.41. The molecule has 1 N–H and O–H groups in total. The third-order valence-electron chi connectivity index (χ3n) is 1.75. The van der Waals surface area contributed by atoms with Crippen LogP contribution in [0.5, 0.6) is 5.75 Å². The van der Waals surface area contributed by atoms with E-state index in [4.69, 9.17) is 4.74 Å². The van der Waals surface area contributed by atoms with Gasteiger partial charge in [-0.15, -0.1) is 0 Å². The lowest BCUT2D eigenvalue weighted by Gasteiger charge is -2.08. The summed E-state index contributed by atoms with van der Waals surface area (Å²) in [5.74, 6) is 0.752. The fourth-order valence-corrected chi connectivity index (χ4v) is 1.35. The van der Waals surface area contributed by atoms with Crippen molar-refractivity contribution >= 4 is 15.9 Å². The van der Waals surface area contributed by atoms with Gasteiger partial charge in [0.25, 0.3) is 0 Å². The molecule has 0 amide bonds. The van der Waals surface area contributed by atoms with Crippen LogP contribution in [-0.2, 0) is 0 Å². The first-order valence-electron chi connectivity index (χ1n) is 4.83. The van der Waals surface area contributed by atoms with Gasteiger partial charge in [0.05, 0.1) is 6.20 Å². The first-order chi connectivity index (χ1) is 7.22. The lowest BCUT2D eigenvalue weighted by atomic mass is 10.3. The maximum Gasteiger partial charge on any atom is 0.139 e. The maximum absolute atomic E-state index is 5.51. The van der Waals surface area contributed by atoms with Gasteiger partial charge in [0.2, 0.25) is 0 Å². The van der Waals surface area contributed by atoms with Crippen LogP contribution < -0.4 is 10.1 Å². The number of nitrogens with zero attached hydrogens (tertiary/aromatic N) is 1. The summed E-state index contributed by atoms with van der Waals surface area (Å²) in [7, 11) is 0. The number of rotatable bonds is 6. The van der Waals surface area contributed by atoms with E-state index in [0.717, 1.165) is 28.9 Å². The van der Waals surface area contributed by atoms with Crippen molar-refractivity contribution in [3.63, 3.8) is 0 Å². The first kappa shape index (κ1) is 12.2. The molecular formula is C11H15BrN2O. The van der Waals surface area contributed by atoms with Crippen molar-refractivity contribution in [2.45, 2.75) is 6.92 Å². The molecule has 0 radical (unpaired) electrons. The largest absolute Gasteiger partial charge is 0.488 e. The van der Waals surface area contributed by atoms with Gasteiger partial charge < -0.3 is 10.1 Å². The fourth-order valence-electron chi connectivity index (χ4n) is 1.01. The van der Waals surface area contributed by atoms with Gasteiger partial charge in [0.1, 0.15) is 12.4 Å². The number of hydrogen-bond acceptors (Lipinski definition) is 3. The third kappa shape index (κ3) is 4.95. The summed E-state index contributed by atoms with van der Waals surface area (Å²) >= 11 is 3.33. The van der Waals surface area contributed by atoms with Crippen LogP contribution in [0.3, 0.4) is 0 Å².